The van der Waals surface area contributed by atoms with E-state index >= 15 is 0 Å². The lowest BCUT2D eigenvalue weighted by atomic mass is 10.1. The lowest BCUT2D eigenvalue weighted by Gasteiger charge is -2.29. The van der Waals surface area contributed by atoms with Crippen LogP contribution in [0, 0.1) is 5.92 Å². The molecule has 18 heavy (non-hydrogen) atoms. The maximum Gasteiger partial charge on any atom is 0.130 e. The van der Waals surface area contributed by atoms with Crippen molar-refractivity contribution in [2.24, 2.45) is 5.92 Å². The molecule has 0 radical (unpaired) electrons. The number of piperidine rings is 1. The second kappa shape index (κ2) is 7.04. The number of hydrogen-bond donors (Lipinski definition) is 1. The van der Waals surface area contributed by atoms with E-state index in [0.717, 1.165) is 17.0 Å². The molecule has 0 saturated carbocycles. The monoisotopic (exact) mass is 312 g/mol. The van der Waals surface area contributed by atoms with Gasteiger partial charge in [0, 0.05) is 19.2 Å². The summed E-state index contributed by atoms with van der Waals surface area (Å²) >= 11 is 3.35. The van der Waals surface area contributed by atoms with Gasteiger partial charge in [0.2, 0.25) is 0 Å². The fourth-order valence-corrected chi connectivity index (χ4v) is 2.66. The average molecular weight is 313 g/mol. The van der Waals surface area contributed by atoms with Crippen molar-refractivity contribution in [2.75, 3.05) is 31.5 Å². The molecule has 1 atom stereocenters. The molecule has 1 aliphatic rings. The van der Waals surface area contributed by atoms with E-state index in [4.69, 9.17) is 0 Å². The van der Waals surface area contributed by atoms with E-state index in [9.17, 15) is 0 Å². The fourth-order valence-electron chi connectivity index (χ4n) is 2.36. The van der Waals surface area contributed by atoms with Crippen molar-refractivity contribution in [3.05, 3.63) is 17.0 Å². The molecule has 0 amide bonds. The fraction of sp³-hybridized carbons (Fsp3) is 0.692. The molecule has 1 saturated heterocycles. The summed E-state index contributed by atoms with van der Waals surface area (Å²) in [5, 5.41) is 3.37. The highest BCUT2D eigenvalue weighted by molar-refractivity contribution is 9.10. The van der Waals surface area contributed by atoms with Crippen molar-refractivity contribution in [1.82, 2.24) is 14.9 Å². The Bertz CT molecular complexity index is 366. The van der Waals surface area contributed by atoms with Gasteiger partial charge in [0.05, 0.1) is 0 Å². The molecule has 4 nitrogen and oxygen atoms in total. The number of anilines is 1. The van der Waals surface area contributed by atoms with Crippen molar-refractivity contribution >= 4 is 21.7 Å². The number of nitrogens with one attached hydrogen (secondary N) is 1. The van der Waals surface area contributed by atoms with Crippen LogP contribution in [0.2, 0.25) is 0 Å². The summed E-state index contributed by atoms with van der Waals surface area (Å²) in [6, 6.07) is 1.91. The Morgan fingerprint density at radius 1 is 1.33 bits per heavy atom. The molecule has 0 bridgehead atoms. The first-order chi connectivity index (χ1) is 8.74. The molecule has 1 N–H and O–H groups in total. The third-order valence-corrected chi connectivity index (χ3v) is 3.72. The highest BCUT2D eigenvalue weighted by Gasteiger charge is 2.13. The Hall–Kier alpha value is -0.680. The van der Waals surface area contributed by atoms with E-state index in [0.29, 0.717) is 5.92 Å². The van der Waals surface area contributed by atoms with Crippen LogP contribution < -0.4 is 5.32 Å². The van der Waals surface area contributed by atoms with E-state index in [1.807, 2.05) is 6.07 Å². The third-order valence-electron chi connectivity index (χ3n) is 3.28. The predicted octanol–water partition coefficient (Wildman–Crippen LogP) is 2.77. The molecule has 1 aromatic rings. The van der Waals surface area contributed by atoms with E-state index in [1.165, 1.54) is 38.9 Å². The van der Waals surface area contributed by atoms with E-state index in [1.54, 1.807) is 6.33 Å². The van der Waals surface area contributed by atoms with Gasteiger partial charge in [0.15, 0.2) is 0 Å². The lowest BCUT2D eigenvalue weighted by molar-refractivity contribution is 0.204. The topological polar surface area (TPSA) is 41.1 Å². The van der Waals surface area contributed by atoms with Gasteiger partial charge in [-0.05, 0) is 47.8 Å². The summed E-state index contributed by atoms with van der Waals surface area (Å²) in [5.74, 6) is 1.53. The van der Waals surface area contributed by atoms with Gasteiger partial charge in [-0.2, -0.15) is 0 Å². The van der Waals surface area contributed by atoms with Crippen LogP contribution >= 0.6 is 15.9 Å². The van der Waals surface area contributed by atoms with Crippen LogP contribution in [0.3, 0.4) is 0 Å². The second-order valence-electron chi connectivity index (χ2n) is 5.07. The Morgan fingerprint density at radius 3 is 2.83 bits per heavy atom. The number of likely N-dealkylation sites (tertiary alicyclic amines) is 1. The Kier molecular flexibility index (Phi) is 5.38. The maximum absolute atomic E-state index is 4.19. The van der Waals surface area contributed by atoms with E-state index in [-0.39, 0.29) is 0 Å². The van der Waals surface area contributed by atoms with Crippen molar-refractivity contribution in [2.45, 2.75) is 26.2 Å². The second-order valence-corrected chi connectivity index (χ2v) is 5.89. The summed E-state index contributed by atoms with van der Waals surface area (Å²) in [6.07, 6.45) is 5.69. The van der Waals surface area contributed by atoms with Crippen molar-refractivity contribution in [3.63, 3.8) is 0 Å². The summed E-state index contributed by atoms with van der Waals surface area (Å²) in [6.45, 7) is 6.96. The first kappa shape index (κ1) is 13.7. The number of rotatable bonds is 5. The summed E-state index contributed by atoms with van der Waals surface area (Å²) in [4.78, 5) is 10.8. The van der Waals surface area contributed by atoms with Crippen LogP contribution in [0.25, 0.3) is 0 Å². The van der Waals surface area contributed by atoms with Gasteiger partial charge in [-0.25, -0.2) is 9.97 Å². The Morgan fingerprint density at radius 2 is 2.11 bits per heavy atom. The van der Waals surface area contributed by atoms with Crippen LogP contribution in [0.1, 0.15) is 26.2 Å². The zero-order valence-corrected chi connectivity index (χ0v) is 12.5. The molecule has 2 heterocycles. The quantitative estimate of drug-likeness (QED) is 0.849. The number of halogens is 1. The number of hydrogen-bond acceptors (Lipinski definition) is 4. The first-order valence-electron chi connectivity index (χ1n) is 6.68. The zero-order valence-electron chi connectivity index (χ0n) is 10.9. The molecule has 2 rings (SSSR count). The number of aromatic nitrogens is 2. The minimum atomic E-state index is 0.636. The van der Waals surface area contributed by atoms with Crippen LogP contribution in [0.15, 0.2) is 17.0 Å². The highest BCUT2D eigenvalue weighted by Crippen LogP contribution is 2.13. The van der Waals surface area contributed by atoms with Crippen molar-refractivity contribution in [3.8, 4) is 0 Å². The van der Waals surface area contributed by atoms with Crippen LogP contribution in [-0.4, -0.2) is 41.0 Å². The smallest absolute Gasteiger partial charge is 0.130 e. The lowest BCUT2D eigenvalue weighted by Crippen LogP contribution is -2.35. The van der Waals surface area contributed by atoms with Crippen LogP contribution in [0.5, 0.6) is 0 Å². The minimum Gasteiger partial charge on any atom is -0.370 e. The summed E-state index contributed by atoms with van der Waals surface area (Å²) in [7, 11) is 0. The van der Waals surface area contributed by atoms with Crippen LogP contribution in [0.4, 0.5) is 5.82 Å². The molecule has 5 heteroatoms. The molecule has 0 aliphatic carbocycles. The standard InChI is InChI=1S/C13H21BrN4/c1-11(9-18-5-3-2-4-6-18)8-15-13-7-12(14)16-10-17-13/h7,10-11H,2-6,8-9H2,1H3,(H,15,16,17). The SMILES string of the molecule is CC(CNc1cc(Br)ncn1)CN1CCCCC1. The van der Waals surface area contributed by atoms with Crippen LogP contribution in [-0.2, 0) is 0 Å². The predicted molar refractivity (Wildman–Crippen MR) is 77.7 cm³/mol. The van der Waals surface area contributed by atoms with E-state index in [2.05, 4.69) is 43.0 Å². The molecular formula is C13H21BrN4. The number of nitrogens with zero attached hydrogens (tertiary/aromatic N) is 3. The molecule has 1 unspecified atom stereocenters. The third kappa shape index (κ3) is 4.53. The summed E-state index contributed by atoms with van der Waals surface area (Å²) in [5.41, 5.74) is 0. The molecule has 1 aromatic heterocycles. The molecule has 0 aromatic carbocycles. The van der Waals surface area contributed by atoms with Gasteiger partial charge < -0.3 is 10.2 Å². The highest BCUT2D eigenvalue weighted by atomic mass is 79.9. The molecule has 1 aliphatic heterocycles. The normalized spacial score (nSPS) is 18.6. The summed E-state index contributed by atoms with van der Waals surface area (Å²) < 4.78 is 0.823. The van der Waals surface area contributed by atoms with Gasteiger partial charge in [0.25, 0.3) is 0 Å². The Labute approximate surface area is 117 Å². The average Bonchev–Trinajstić information content (AvgIpc) is 2.38. The molecule has 1 fully saturated rings. The van der Waals surface area contributed by atoms with Gasteiger partial charge >= 0.3 is 0 Å². The molecular weight excluding hydrogens is 292 g/mol. The van der Waals surface area contributed by atoms with Crippen molar-refractivity contribution < 1.29 is 0 Å². The zero-order chi connectivity index (χ0) is 12.8. The molecule has 0 spiro atoms. The van der Waals surface area contributed by atoms with Crippen molar-refractivity contribution in [1.29, 1.82) is 0 Å². The molecule has 100 valence electrons. The van der Waals surface area contributed by atoms with E-state index < -0.39 is 0 Å². The largest absolute Gasteiger partial charge is 0.370 e. The van der Waals surface area contributed by atoms with Gasteiger partial charge in [-0.3, -0.25) is 0 Å². The first-order valence-corrected chi connectivity index (χ1v) is 7.47. The Balaban J connectivity index is 1.72. The van der Waals surface area contributed by atoms with Gasteiger partial charge in [0.1, 0.15) is 16.7 Å². The minimum absolute atomic E-state index is 0.636. The maximum atomic E-state index is 4.19. The van der Waals surface area contributed by atoms with Gasteiger partial charge in [-0.1, -0.05) is 13.3 Å². The van der Waals surface area contributed by atoms with Gasteiger partial charge in [-0.15, -0.1) is 0 Å².